The second kappa shape index (κ2) is 8.32. The lowest BCUT2D eigenvalue weighted by atomic mass is 9.77. The van der Waals surface area contributed by atoms with E-state index in [-0.39, 0.29) is 11.8 Å². The molecule has 1 atom stereocenters. The number of ether oxygens (including phenoxy) is 1. The zero-order valence-corrected chi connectivity index (χ0v) is 22.8. The summed E-state index contributed by atoms with van der Waals surface area (Å²) in [6.07, 6.45) is 3.67. The number of benzene rings is 4. The Hall–Kier alpha value is -4.85. The maximum absolute atomic E-state index is 10.4. The number of aliphatic imine (C=N–C) groups is 1. The minimum atomic E-state index is -0.921. The first kappa shape index (κ1) is 24.2. The van der Waals surface area contributed by atoms with Crippen LogP contribution in [0, 0.1) is 0 Å². The number of phenolic OH excluding ortho intramolecular Hbond substituents is 1. The van der Waals surface area contributed by atoms with Gasteiger partial charge < -0.3 is 25.3 Å². The van der Waals surface area contributed by atoms with Gasteiger partial charge in [-0.25, -0.2) is 0 Å². The molecule has 0 amide bonds. The summed E-state index contributed by atoms with van der Waals surface area (Å²) in [5, 5.41) is 14.0. The van der Waals surface area contributed by atoms with Crippen molar-refractivity contribution in [2.45, 2.75) is 44.9 Å². The number of aromatic hydroxyl groups is 1. The second-order valence-electron chi connectivity index (χ2n) is 11.3. The van der Waals surface area contributed by atoms with Gasteiger partial charge in [-0.05, 0) is 75.0 Å². The Balaban J connectivity index is 1.39. The van der Waals surface area contributed by atoms with E-state index in [4.69, 9.17) is 20.3 Å². The first-order chi connectivity index (χ1) is 19.2. The van der Waals surface area contributed by atoms with Crippen LogP contribution in [-0.4, -0.2) is 23.1 Å². The van der Waals surface area contributed by atoms with Gasteiger partial charge in [-0.2, -0.15) is 0 Å². The predicted molar refractivity (Wildman–Crippen MR) is 160 cm³/mol. The van der Waals surface area contributed by atoms with Crippen LogP contribution in [0.15, 0.2) is 84.0 Å². The Morgan fingerprint density at radius 3 is 2.55 bits per heavy atom. The maximum atomic E-state index is 10.4. The van der Waals surface area contributed by atoms with Crippen molar-refractivity contribution in [2.75, 3.05) is 15.8 Å². The fourth-order valence-corrected chi connectivity index (χ4v) is 6.20. The number of hydrogen-bond acceptors (Lipinski definition) is 8. The smallest absolute Gasteiger partial charge is 0.229 e. The highest BCUT2D eigenvalue weighted by Gasteiger charge is 2.61. The van der Waals surface area contributed by atoms with E-state index in [1.165, 1.54) is 0 Å². The van der Waals surface area contributed by atoms with Crippen molar-refractivity contribution in [3.8, 4) is 11.5 Å². The van der Waals surface area contributed by atoms with Gasteiger partial charge in [-0.15, -0.1) is 5.17 Å². The zero-order chi connectivity index (χ0) is 27.8. The Kier molecular flexibility index (Phi) is 5.04. The van der Waals surface area contributed by atoms with Crippen LogP contribution in [0.4, 0.5) is 22.7 Å². The lowest BCUT2D eigenvalue weighted by Crippen LogP contribution is -2.64. The highest BCUT2D eigenvalue weighted by molar-refractivity contribution is 6.03. The summed E-state index contributed by atoms with van der Waals surface area (Å²) in [6.45, 7) is 8.66. The average Bonchev–Trinajstić information content (AvgIpc) is 3.49. The molecule has 202 valence electrons. The number of rotatable bonds is 3. The molecule has 8 nitrogen and oxygen atoms in total. The average molecular weight is 534 g/mol. The number of phenols is 1. The third-order valence-corrected chi connectivity index (χ3v) is 8.20. The van der Waals surface area contributed by atoms with Crippen molar-refractivity contribution in [3.05, 3.63) is 90.1 Å². The number of para-hydroxylation sites is 1. The highest BCUT2D eigenvalue weighted by Crippen LogP contribution is 2.58. The molecule has 0 saturated heterocycles. The van der Waals surface area contributed by atoms with Gasteiger partial charge >= 0.3 is 0 Å². The molecule has 3 heterocycles. The van der Waals surface area contributed by atoms with Crippen molar-refractivity contribution >= 4 is 45.5 Å². The molecule has 1 spiro atoms. The molecule has 0 aliphatic carbocycles. The van der Waals surface area contributed by atoms with E-state index in [1.807, 2.05) is 54.7 Å². The van der Waals surface area contributed by atoms with Gasteiger partial charge in [0.25, 0.3) is 0 Å². The summed E-state index contributed by atoms with van der Waals surface area (Å²) in [4.78, 5) is 13.7. The summed E-state index contributed by atoms with van der Waals surface area (Å²) in [7, 11) is 0. The van der Waals surface area contributed by atoms with E-state index < -0.39 is 11.1 Å². The first-order valence-electron chi connectivity index (χ1n) is 13.4. The molecule has 4 aromatic carbocycles. The molecule has 3 aliphatic rings. The molecule has 7 rings (SSSR count). The van der Waals surface area contributed by atoms with Crippen LogP contribution >= 0.6 is 0 Å². The van der Waals surface area contributed by atoms with Crippen molar-refractivity contribution in [3.63, 3.8) is 0 Å². The monoisotopic (exact) mass is 533 g/mol. The second-order valence-corrected chi connectivity index (χ2v) is 11.3. The molecule has 8 heteroatoms. The van der Waals surface area contributed by atoms with Crippen molar-refractivity contribution in [2.24, 2.45) is 4.99 Å². The third-order valence-electron chi connectivity index (χ3n) is 8.20. The molecular weight excluding hydrogens is 502 g/mol. The standard InChI is InChI=1S/C32H31N5O3/c1-19(2)36-25-14-13-21(33)16-24(25)31(3,4)32(36)18-34-29-22-10-6-5-9-20(22)15-26(30(29)39-32)37-35-17-28(40-37)23-11-7-8-12-27(23)38/h5-19,35,38H,33H2,1-4H3. The fourth-order valence-electron chi connectivity index (χ4n) is 6.20. The van der Waals surface area contributed by atoms with Gasteiger partial charge in [0, 0.05) is 22.8 Å². The van der Waals surface area contributed by atoms with Gasteiger partial charge in [-0.3, -0.25) is 10.4 Å². The number of hydrogen-bond donors (Lipinski definition) is 3. The third kappa shape index (κ3) is 3.22. The molecule has 0 saturated carbocycles. The molecule has 4 N–H and O–H groups in total. The van der Waals surface area contributed by atoms with Gasteiger partial charge in [0.2, 0.25) is 5.72 Å². The maximum Gasteiger partial charge on any atom is 0.229 e. The Morgan fingerprint density at radius 1 is 0.975 bits per heavy atom. The summed E-state index contributed by atoms with van der Waals surface area (Å²) in [5.74, 6) is 1.22. The van der Waals surface area contributed by atoms with E-state index in [0.717, 1.165) is 27.7 Å². The van der Waals surface area contributed by atoms with Crippen LogP contribution in [0.1, 0.15) is 38.8 Å². The molecule has 4 aromatic rings. The Bertz CT molecular complexity index is 1740. The van der Waals surface area contributed by atoms with Crippen LogP contribution in [0.5, 0.6) is 11.5 Å². The van der Waals surface area contributed by atoms with E-state index in [2.05, 4.69) is 50.2 Å². The number of nitrogens with one attached hydrogen (secondary N) is 1. The molecule has 0 aromatic heterocycles. The minimum Gasteiger partial charge on any atom is -0.507 e. The van der Waals surface area contributed by atoms with E-state index in [9.17, 15) is 5.11 Å². The first-order valence-corrected chi connectivity index (χ1v) is 13.4. The highest BCUT2D eigenvalue weighted by atomic mass is 16.7. The number of nitrogens with two attached hydrogens (primary N) is 1. The summed E-state index contributed by atoms with van der Waals surface area (Å²) in [6, 6.07) is 23.4. The van der Waals surface area contributed by atoms with Gasteiger partial charge in [0.15, 0.2) is 11.5 Å². The normalized spacial score (nSPS) is 20.3. The van der Waals surface area contributed by atoms with Crippen LogP contribution in [-0.2, 0) is 10.3 Å². The molecule has 0 fully saturated rings. The zero-order valence-electron chi connectivity index (χ0n) is 22.8. The van der Waals surface area contributed by atoms with Crippen LogP contribution in [0.2, 0.25) is 0 Å². The fraction of sp³-hybridized carbons (Fsp3) is 0.219. The van der Waals surface area contributed by atoms with E-state index >= 15 is 0 Å². The summed E-state index contributed by atoms with van der Waals surface area (Å²) in [5.41, 5.74) is 12.9. The van der Waals surface area contributed by atoms with Gasteiger partial charge in [-0.1, -0.05) is 36.4 Å². The number of hydrazine groups is 1. The topological polar surface area (TPSA) is 95.6 Å². The van der Waals surface area contributed by atoms with Gasteiger partial charge in [0.05, 0.1) is 23.4 Å². The largest absolute Gasteiger partial charge is 0.507 e. The lowest BCUT2D eigenvalue weighted by Gasteiger charge is -2.48. The van der Waals surface area contributed by atoms with Crippen LogP contribution in [0.3, 0.4) is 0 Å². The quantitative estimate of drug-likeness (QED) is 0.263. The van der Waals surface area contributed by atoms with E-state index in [0.29, 0.717) is 28.4 Å². The molecule has 3 aliphatic heterocycles. The predicted octanol–water partition coefficient (Wildman–Crippen LogP) is 6.38. The van der Waals surface area contributed by atoms with Crippen LogP contribution < -0.4 is 26.0 Å². The van der Waals surface area contributed by atoms with Crippen molar-refractivity contribution < 1.29 is 14.7 Å². The minimum absolute atomic E-state index is 0.108. The number of nitrogens with zero attached hydrogens (tertiary/aromatic N) is 3. The molecule has 1 unspecified atom stereocenters. The molecule has 40 heavy (non-hydrogen) atoms. The van der Waals surface area contributed by atoms with E-state index in [1.54, 1.807) is 23.5 Å². The molecular formula is C32H31N5O3. The number of anilines is 3. The summed E-state index contributed by atoms with van der Waals surface area (Å²) < 4.78 is 7.21. The lowest BCUT2D eigenvalue weighted by molar-refractivity contribution is 0.0715. The number of fused-ring (bicyclic) bond motifs is 4. The van der Waals surface area contributed by atoms with Crippen molar-refractivity contribution in [1.29, 1.82) is 0 Å². The van der Waals surface area contributed by atoms with Gasteiger partial charge in [0.1, 0.15) is 17.1 Å². The summed E-state index contributed by atoms with van der Waals surface area (Å²) >= 11 is 0. The SMILES string of the molecule is CC(C)N1c2ccc(N)cc2C(C)(C)C12C=Nc1c(c(N3NC=C(c4ccccc4O)O3)cc3ccccc13)O2. The Labute approximate surface area is 232 Å². The Morgan fingerprint density at radius 2 is 1.75 bits per heavy atom. The molecule has 0 bridgehead atoms. The number of nitrogen functional groups attached to an aromatic ring is 1. The van der Waals surface area contributed by atoms with Crippen molar-refractivity contribution in [1.82, 2.24) is 5.43 Å². The van der Waals surface area contributed by atoms with Crippen LogP contribution in [0.25, 0.3) is 16.5 Å². The molecule has 0 radical (unpaired) electrons.